The summed E-state index contributed by atoms with van der Waals surface area (Å²) >= 11 is 1.87. The molecule has 218 valence electrons. The van der Waals surface area contributed by atoms with E-state index in [0.29, 0.717) is 0 Å². The number of thiophene rings is 1. The van der Waals surface area contributed by atoms with Crippen LogP contribution in [0.4, 0.5) is 0 Å². The van der Waals surface area contributed by atoms with Crippen LogP contribution in [-0.2, 0) is 0 Å². The number of rotatable bonds is 3. The van der Waals surface area contributed by atoms with Gasteiger partial charge in [0.2, 0.25) is 0 Å². The number of hydrogen-bond donors (Lipinski definition) is 0. The van der Waals surface area contributed by atoms with Crippen molar-refractivity contribution in [2.24, 2.45) is 0 Å². The molecule has 0 bridgehead atoms. The van der Waals surface area contributed by atoms with Gasteiger partial charge < -0.3 is 0 Å². The van der Waals surface area contributed by atoms with Gasteiger partial charge in [-0.15, -0.1) is 11.3 Å². The first-order valence-electron chi connectivity index (χ1n) is 16.2. The van der Waals surface area contributed by atoms with Gasteiger partial charge in [-0.3, -0.25) is 0 Å². The zero-order chi connectivity index (χ0) is 30.9. The maximum Gasteiger partial charge on any atom is 0.0355 e. The largest absolute Gasteiger partial charge is 0.135 e. The molecule has 0 aliphatic rings. The lowest BCUT2D eigenvalue weighted by Crippen LogP contribution is -1.92. The first kappa shape index (κ1) is 26.5. The SMILES string of the molecule is c1ccc2c(-c3ccc(-c4c5ccccc5c(-c5ccc6sc7ccccc7c6c5)c5ccc6ccccc6c45)cc3)cccc2c1. The topological polar surface area (TPSA) is 0 Å². The minimum absolute atomic E-state index is 1.23. The number of fused-ring (bicyclic) bond motifs is 8. The number of benzene rings is 9. The van der Waals surface area contributed by atoms with Gasteiger partial charge in [-0.2, -0.15) is 0 Å². The molecule has 0 aliphatic carbocycles. The molecule has 1 heterocycles. The van der Waals surface area contributed by atoms with Crippen LogP contribution < -0.4 is 0 Å². The quantitative estimate of drug-likeness (QED) is 0.138. The van der Waals surface area contributed by atoms with Gasteiger partial charge in [0.25, 0.3) is 0 Å². The molecule has 0 spiro atoms. The predicted molar refractivity (Wildman–Crippen MR) is 206 cm³/mol. The van der Waals surface area contributed by atoms with Crippen LogP contribution in [0.3, 0.4) is 0 Å². The highest BCUT2D eigenvalue weighted by Crippen LogP contribution is 2.47. The normalized spacial score (nSPS) is 11.8. The Morgan fingerprint density at radius 2 is 0.872 bits per heavy atom. The van der Waals surface area contributed by atoms with E-state index in [1.54, 1.807) is 0 Å². The molecule has 1 heteroatoms. The third-order valence-corrected chi connectivity index (χ3v) is 11.0. The Morgan fingerprint density at radius 3 is 1.68 bits per heavy atom. The standard InChI is InChI=1S/C46H28S/c1-3-13-34-29(10-1)12-9-18-35(34)31-20-22-32(23-21-31)45-39-17-6-5-16-38(39)44(40-26-24-30-11-2-4-14-36(30)46(40)45)33-25-27-43-41(28-33)37-15-7-8-19-42(37)47-43/h1-28H. The van der Waals surface area contributed by atoms with E-state index in [1.807, 2.05) is 11.3 Å². The highest BCUT2D eigenvalue weighted by Gasteiger charge is 2.19. The third-order valence-electron chi connectivity index (χ3n) is 9.85. The summed E-state index contributed by atoms with van der Waals surface area (Å²) in [4.78, 5) is 0. The Bertz CT molecular complexity index is 2830. The second kappa shape index (κ2) is 10.4. The molecule has 0 N–H and O–H groups in total. The fourth-order valence-corrected chi connectivity index (χ4v) is 8.82. The van der Waals surface area contributed by atoms with E-state index in [0.717, 1.165) is 0 Å². The van der Waals surface area contributed by atoms with Crippen LogP contribution in [0.1, 0.15) is 0 Å². The lowest BCUT2D eigenvalue weighted by molar-refractivity contribution is 1.64. The lowest BCUT2D eigenvalue weighted by Gasteiger charge is -2.20. The monoisotopic (exact) mass is 612 g/mol. The van der Waals surface area contributed by atoms with Gasteiger partial charge >= 0.3 is 0 Å². The second-order valence-corrected chi connectivity index (χ2v) is 13.5. The van der Waals surface area contributed by atoms with Gasteiger partial charge in [0, 0.05) is 20.2 Å². The van der Waals surface area contributed by atoms with Crippen LogP contribution in [0.25, 0.3) is 96.6 Å². The van der Waals surface area contributed by atoms with Crippen LogP contribution >= 0.6 is 11.3 Å². The van der Waals surface area contributed by atoms with Gasteiger partial charge in [0.15, 0.2) is 0 Å². The summed E-state index contributed by atoms with van der Waals surface area (Å²) in [5, 5.41) is 12.9. The molecular weight excluding hydrogens is 585 g/mol. The molecule has 0 radical (unpaired) electrons. The van der Waals surface area contributed by atoms with Gasteiger partial charge in [-0.1, -0.05) is 152 Å². The minimum atomic E-state index is 1.23. The molecule has 0 saturated carbocycles. The third kappa shape index (κ3) is 4.07. The minimum Gasteiger partial charge on any atom is -0.135 e. The van der Waals surface area contributed by atoms with E-state index in [2.05, 4.69) is 170 Å². The van der Waals surface area contributed by atoms with Gasteiger partial charge in [0.1, 0.15) is 0 Å². The summed E-state index contributed by atoms with van der Waals surface area (Å²) < 4.78 is 2.67. The second-order valence-electron chi connectivity index (χ2n) is 12.4. The van der Waals surface area contributed by atoms with Crippen LogP contribution in [0.5, 0.6) is 0 Å². The van der Waals surface area contributed by atoms with Crippen molar-refractivity contribution in [3.63, 3.8) is 0 Å². The first-order chi connectivity index (χ1) is 23.3. The molecule has 0 saturated heterocycles. The molecular formula is C46H28S. The molecule has 0 unspecified atom stereocenters. The van der Waals surface area contributed by atoms with Crippen LogP contribution in [0.2, 0.25) is 0 Å². The van der Waals surface area contributed by atoms with Gasteiger partial charge in [0.05, 0.1) is 0 Å². The van der Waals surface area contributed by atoms with Gasteiger partial charge in [-0.05, 0) is 94.7 Å². The van der Waals surface area contributed by atoms with E-state index in [1.165, 1.54) is 96.6 Å². The van der Waals surface area contributed by atoms with Crippen molar-refractivity contribution in [1.82, 2.24) is 0 Å². The van der Waals surface area contributed by atoms with Crippen molar-refractivity contribution in [2.75, 3.05) is 0 Å². The molecule has 9 aromatic carbocycles. The van der Waals surface area contributed by atoms with Crippen LogP contribution in [0.15, 0.2) is 170 Å². The van der Waals surface area contributed by atoms with E-state index in [9.17, 15) is 0 Å². The molecule has 1 aromatic heterocycles. The van der Waals surface area contributed by atoms with Crippen molar-refractivity contribution < 1.29 is 0 Å². The molecule has 10 aromatic rings. The van der Waals surface area contributed by atoms with Crippen molar-refractivity contribution >= 4 is 74.6 Å². The van der Waals surface area contributed by atoms with E-state index in [4.69, 9.17) is 0 Å². The molecule has 47 heavy (non-hydrogen) atoms. The summed E-state index contributed by atoms with van der Waals surface area (Å²) in [6, 6.07) is 62.8. The smallest absolute Gasteiger partial charge is 0.0355 e. The van der Waals surface area contributed by atoms with E-state index < -0.39 is 0 Å². The van der Waals surface area contributed by atoms with Crippen molar-refractivity contribution in [3.8, 4) is 33.4 Å². The predicted octanol–water partition coefficient (Wildman–Crippen LogP) is 13.7. The van der Waals surface area contributed by atoms with Gasteiger partial charge in [-0.25, -0.2) is 0 Å². The highest BCUT2D eigenvalue weighted by atomic mass is 32.1. The highest BCUT2D eigenvalue weighted by molar-refractivity contribution is 7.25. The Morgan fingerprint density at radius 1 is 0.298 bits per heavy atom. The molecule has 0 atom stereocenters. The van der Waals surface area contributed by atoms with Crippen LogP contribution in [-0.4, -0.2) is 0 Å². The Kier molecular flexibility index (Phi) is 5.85. The molecule has 0 nitrogen and oxygen atoms in total. The summed E-state index contributed by atoms with van der Waals surface area (Å²) in [6.07, 6.45) is 0. The Labute approximate surface area is 276 Å². The maximum atomic E-state index is 2.42. The molecule has 0 amide bonds. The maximum absolute atomic E-state index is 2.42. The average Bonchev–Trinajstić information content (AvgIpc) is 3.51. The summed E-state index contributed by atoms with van der Waals surface area (Å²) in [5.41, 5.74) is 7.59. The number of hydrogen-bond acceptors (Lipinski definition) is 1. The van der Waals surface area contributed by atoms with Crippen molar-refractivity contribution in [2.45, 2.75) is 0 Å². The van der Waals surface area contributed by atoms with Crippen LogP contribution in [0, 0.1) is 0 Å². The lowest BCUT2D eigenvalue weighted by atomic mass is 9.83. The average molecular weight is 613 g/mol. The summed E-state index contributed by atoms with van der Waals surface area (Å²) in [5.74, 6) is 0. The van der Waals surface area contributed by atoms with Crippen molar-refractivity contribution in [3.05, 3.63) is 170 Å². The van der Waals surface area contributed by atoms with Crippen molar-refractivity contribution in [1.29, 1.82) is 0 Å². The molecule has 10 rings (SSSR count). The Balaban J connectivity index is 1.27. The zero-order valence-corrected chi connectivity index (χ0v) is 26.4. The zero-order valence-electron chi connectivity index (χ0n) is 25.6. The summed E-state index contributed by atoms with van der Waals surface area (Å²) in [7, 11) is 0. The molecule has 0 aliphatic heterocycles. The fourth-order valence-electron chi connectivity index (χ4n) is 7.73. The first-order valence-corrected chi connectivity index (χ1v) is 17.0. The summed E-state index contributed by atoms with van der Waals surface area (Å²) in [6.45, 7) is 0. The molecule has 0 fully saturated rings. The van der Waals surface area contributed by atoms with E-state index in [-0.39, 0.29) is 0 Å². The van der Waals surface area contributed by atoms with E-state index >= 15 is 0 Å². The Hall–Kier alpha value is -5.76. The fraction of sp³-hybridized carbons (Fsp3) is 0.